The molecule has 0 spiro atoms. The number of ether oxygens (including phenoxy) is 1. The van der Waals surface area contributed by atoms with Gasteiger partial charge in [-0.05, 0) is 66.9 Å². The van der Waals surface area contributed by atoms with E-state index in [9.17, 15) is 29.7 Å². The Balaban J connectivity index is 1.02. The molecule has 1 aliphatic heterocycles. The summed E-state index contributed by atoms with van der Waals surface area (Å²) in [5.41, 5.74) is 0.689. The molecule has 0 radical (unpaired) electrons. The highest BCUT2D eigenvalue weighted by molar-refractivity contribution is 5.97. The van der Waals surface area contributed by atoms with Gasteiger partial charge in [0.1, 0.15) is 16.9 Å². The van der Waals surface area contributed by atoms with Crippen LogP contribution in [-0.4, -0.2) is 69.9 Å². The van der Waals surface area contributed by atoms with Gasteiger partial charge in [0.05, 0.1) is 18.2 Å². The Morgan fingerprint density at radius 1 is 0.976 bits per heavy atom. The van der Waals surface area contributed by atoms with E-state index < -0.39 is 17.5 Å². The third-order valence-electron chi connectivity index (χ3n) is 7.67. The van der Waals surface area contributed by atoms with E-state index in [0.29, 0.717) is 53.0 Å². The molecule has 0 saturated carbocycles. The first-order chi connectivity index (χ1) is 20.3. The average Bonchev–Trinajstić information content (AvgIpc) is 2.97. The number of H-pyrrole nitrogens is 1. The molecular weight excluding hydrogens is 538 g/mol. The number of nitrogens with one attached hydrogen (secondary N) is 2. The first-order valence-electron chi connectivity index (χ1n) is 13.8. The van der Waals surface area contributed by atoms with Crippen molar-refractivity contribution in [2.75, 3.05) is 32.8 Å². The van der Waals surface area contributed by atoms with Crippen molar-refractivity contribution in [2.24, 2.45) is 0 Å². The lowest BCUT2D eigenvalue weighted by Crippen LogP contribution is -2.65. The quantitative estimate of drug-likeness (QED) is 0.163. The number of aromatic nitrogens is 1. The number of aliphatic hydroxyl groups excluding tert-OH is 1. The third kappa shape index (κ3) is 6.00. The molecule has 0 bridgehead atoms. The largest absolute Gasteiger partial charge is 0.506 e. The predicted molar refractivity (Wildman–Crippen MR) is 157 cm³/mol. The number of pyridine rings is 1. The zero-order chi connectivity index (χ0) is 29.7. The van der Waals surface area contributed by atoms with Crippen LogP contribution < -0.4 is 15.6 Å². The van der Waals surface area contributed by atoms with Crippen molar-refractivity contribution in [3.63, 3.8) is 0 Å². The van der Waals surface area contributed by atoms with Gasteiger partial charge in [-0.25, -0.2) is 0 Å². The van der Waals surface area contributed by atoms with Crippen molar-refractivity contribution < 1.29 is 29.6 Å². The molecule has 0 aliphatic carbocycles. The van der Waals surface area contributed by atoms with Crippen LogP contribution in [0.3, 0.4) is 0 Å². The number of nitrogens with zero attached hydrogens (tertiary/aromatic N) is 1. The van der Waals surface area contributed by atoms with Crippen molar-refractivity contribution in [2.45, 2.75) is 24.4 Å². The normalized spacial score (nSPS) is 14.7. The molecule has 5 rings (SSSR count). The summed E-state index contributed by atoms with van der Waals surface area (Å²) in [6, 6.07) is 21.9. The van der Waals surface area contributed by atoms with Crippen LogP contribution in [0.15, 0.2) is 83.7 Å². The van der Waals surface area contributed by atoms with Gasteiger partial charge in [-0.15, -0.1) is 0 Å². The van der Waals surface area contributed by atoms with Crippen LogP contribution in [0.25, 0.3) is 10.9 Å². The number of aliphatic carboxylic acids is 1. The minimum Gasteiger partial charge on any atom is -0.506 e. The Morgan fingerprint density at radius 2 is 1.71 bits per heavy atom. The molecule has 1 atom stereocenters. The molecule has 5 N–H and O–H groups in total. The smallest absolute Gasteiger partial charge is 0.317 e. The fourth-order valence-electron chi connectivity index (χ4n) is 5.26. The SMILES string of the molecule is O=C(c1ccc(OCCCCNC[C@H](O)c2ccc(O)c3[nH]c(=O)ccc23)cc1)N1CC(C(=O)O)(c2ccccc2)C1. The number of carboxylic acid groups (broad SMARTS) is 1. The average molecular weight is 572 g/mol. The summed E-state index contributed by atoms with van der Waals surface area (Å²) >= 11 is 0. The number of carbonyl (C=O) groups excluding carboxylic acids is 1. The number of carbonyl (C=O) groups is 2. The van der Waals surface area contributed by atoms with Gasteiger partial charge in [0.2, 0.25) is 5.56 Å². The number of aromatic amines is 1. The minimum atomic E-state index is -1.08. The molecule has 1 aromatic heterocycles. The van der Waals surface area contributed by atoms with E-state index >= 15 is 0 Å². The number of likely N-dealkylation sites (tertiary alicyclic amines) is 1. The summed E-state index contributed by atoms with van der Waals surface area (Å²) in [7, 11) is 0. The zero-order valence-corrected chi connectivity index (χ0v) is 23.0. The lowest BCUT2D eigenvalue weighted by Gasteiger charge is -2.47. The second-order valence-corrected chi connectivity index (χ2v) is 10.5. The topological polar surface area (TPSA) is 152 Å². The highest BCUT2D eigenvalue weighted by Crippen LogP contribution is 2.36. The van der Waals surface area contributed by atoms with Crippen LogP contribution in [0.4, 0.5) is 0 Å². The van der Waals surface area contributed by atoms with Crippen molar-refractivity contribution in [1.29, 1.82) is 0 Å². The molecule has 2 heterocycles. The molecule has 1 fully saturated rings. The molecule has 218 valence electrons. The van der Waals surface area contributed by atoms with Gasteiger partial charge < -0.3 is 35.3 Å². The molecule has 1 amide bonds. The number of benzene rings is 3. The first kappa shape index (κ1) is 28.8. The third-order valence-corrected chi connectivity index (χ3v) is 7.67. The van der Waals surface area contributed by atoms with Crippen molar-refractivity contribution in [3.8, 4) is 11.5 Å². The molecule has 1 saturated heterocycles. The van der Waals surface area contributed by atoms with Crippen LogP contribution in [0, 0.1) is 0 Å². The molecule has 4 aromatic rings. The molecule has 0 unspecified atom stereocenters. The van der Waals surface area contributed by atoms with Crippen molar-refractivity contribution >= 4 is 22.8 Å². The number of fused-ring (bicyclic) bond motifs is 1. The Bertz CT molecular complexity index is 1610. The Hall–Kier alpha value is -4.67. The number of aliphatic hydroxyl groups is 1. The van der Waals surface area contributed by atoms with E-state index in [1.807, 2.05) is 6.07 Å². The van der Waals surface area contributed by atoms with Gasteiger partial charge in [0.25, 0.3) is 5.91 Å². The number of rotatable bonds is 12. The van der Waals surface area contributed by atoms with Crippen molar-refractivity contribution in [1.82, 2.24) is 15.2 Å². The van der Waals surface area contributed by atoms with E-state index in [1.165, 1.54) is 12.1 Å². The monoisotopic (exact) mass is 571 g/mol. The lowest BCUT2D eigenvalue weighted by atomic mass is 9.73. The predicted octanol–water partition coefficient (Wildman–Crippen LogP) is 3.19. The molecule has 1 aliphatic rings. The van der Waals surface area contributed by atoms with Gasteiger partial charge >= 0.3 is 5.97 Å². The number of carboxylic acids is 1. The van der Waals surface area contributed by atoms with Gasteiger partial charge in [-0.1, -0.05) is 36.4 Å². The second kappa shape index (κ2) is 12.5. The number of hydrogen-bond donors (Lipinski definition) is 5. The van der Waals surface area contributed by atoms with E-state index in [1.54, 1.807) is 65.6 Å². The lowest BCUT2D eigenvalue weighted by molar-refractivity contribution is -0.149. The number of aromatic hydroxyl groups is 1. The highest BCUT2D eigenvalue weighted by Gasteiger charge is 2.52. The molecule has 10 heteroatoms. The number of amides is 1. The van der Waals surface area contributed by atoms with E-state index in [4.69, 9.17) is 4.74 Å². The molecule has 10 nitrogen and oxygen atoms in total. The number of hydrogen-bond acceptors (Lipinski definition) is 7. The number of unbranched alkanes of at least 4 members (excludes halogenated alkanes) is 1. The Morgan fingerprint density at radius 3 is 2.43 bits per heavy atom. The zero-order valence-electron chi connectivity index (χ0n) is 23.0. The highest BCUT2D eigenvalue weighted by atomic mass is 16.5. The molecule has 42 heavy (non-hydrogen) atoms. The van der Waals surface area contributed by atoms with Crippen LogP contribution in [0.5, 0.6) is 11.5 Å². The molecule has 3 aromatic carbocycles. The number of phenolic OH excluding ortho intramolecular Hbond substituents is 1. The maximum absolute atomic E-state index is 12.9. The summed E-state index contributed by atoms with van der Waals surface area (Å²) < 4.78 is 5.80. The Kier molecular flexibility index (Phi) is 8.56. The fourth-order valence-corrected chi connectivity index (χ4v) is 5.26. The van der Waals surface area contributed by atoms with E-state index in [-0.39, 0.29) is 30.3 Å². The summed E-state index contributed by atoms with van der Waals surface area (Å²) in [4.78, 5) is 40.6. The minimum absolute atomic E-state index is 0.0466. The first-order valence-corrected chi connectivity index (χ1v) is 13.8. The summed E-state index contributed by atoms with van der Waals surface area (Å²) in [6.45, 7) is 1.71. The van der Waals surface area contributed by atoms with Crippen LogP contribution in [0.2, 0.25) is 0 Å². The summed E-state index contributed by atoms with van der Waals surface area (Å²) in [5.74, 6) is -0.553. The van der Waals surface area contributed by atoms with Gasteiger partial charge in [0, 0.05) is 36.7 Å². The van der Waals surface area contributed by atoms with E-state index in [0.717, 1.165) is 12.8 Å². The summed E-state index contributed by atoms with van der Waals surface area (Å²) in [5, 5.41) is 34.3. The maximum Gasteiger partial charge on any atom is 0.317 e. The van der Waals surface area contributed by atoms with Gasteiger partial charge in [0.15, 0.2) is 0 Å². The van der Waals surface area contributed by atoms with Gasteiger partial charge in [-0.2, -0.15) is 0 Å². The summed E-state index contributed by atoms with van der Waals surface area (Å²) in [6.07, 6.45) is 0.776. The Labute approximate surface area is 242 Å². The molecular formula is C32H33N3O7. The fraction of sp³-hybridized carbons (Fsp3) is 0.281. The number of phenols is 1. The van der Waals surface area contributed by atoms with Crippen LogP contribution in [-0.2, 0) is 10.2 Å². The van der Waals surface area contributed by atoms with Gasteiger partial charge in [-0.3, -0.25) is 14.4 Å². The van der Waals surface area contributed by atoms with E-state index in [2.05, 4.69) is 10.3 Å². The maximum atomic E-state index is 12.9. The van der Waals surface area contributed by atoms with Crippen LogP contribution in [0.1, 0.15) is 40.4 Å². The second-order valence-electron chi connectivity index (χ2n) is 10.5. The van der Waals surface area contributed by atoms with Crippen LogP contribution >= 0.6 is 0 Å². The standard InChI is InChI=1S/C32H33N3O7/c36-26-14-12-24(25-13-15-28(38)34-29(25)26)27(37)18-33-16-4-5-17-42-23-10-8-21(9-11-23)30(39)35-19-32(20-35,31(40)41)22-6-2-1-3-7-22/h1-3,6-15,27,33,36-37H,4-5,16-20H2,(H,34,38)(H,40,41)/t27-/m0/s1. The van der Waals surface area contributed by atoms with Crippen molar-refractivity contribution in [3.05, 3.63) is 106 Å².